The lowest BCUT2D eigenvalue weighted by molar-refractivity contribution is 0.0601. The first kappa shape index (κ1) is 13.3. The Labute approximate surface area is 119 Å². The molecule has 0 amide bonds. The Balaban J connectivity index is 1.98. The highest BCUT2D eigenvalue weighted by Crippen LogP contribution is 2.40. The number of ether oxygens (including phenoxy) is 1. The lowest BCUT2D eigenvalue weighted by Crippen LogP contribution is -2.43. The number of nitrogens with zero attached hydrogens (tertiary/aromatic N) is 1. The van der Waals surface area contributed by atoms with E-state index in [1.807, 2.05) is 12.1 Å². The number of fused-ring (bicyclic) bond motifs is 1. The molecule has 108 valence electrons. The number of methoxy groups -OCH3 is 1. The molecular formula is C16H22N2O2. The maximum absolute atomic E-state index is 12.0. The zero-order valence-corrected chi connectivity index (χ0v) is 12.0. The van der Waals surface area contributed by atoms with Crippen molar-refractivity contribution >= 4 is 17.3 Å². The van der Waals surface area contributed by atoms with Crippen molar-refractivity contribution in [3.05, 3.63) is 23.8 Å². The number of hydrogen-bond acceptors (Lipinski definition) is 4. The van der Waals surface area contributed by atoms with Gasteiger partial charge in [0.1, 0.15) is 0 Å². The first-order valence-corrected chi connectivity index (χ1v) is 7.45. The summed E-state index contributed by atoms with van der Waals surface area (Å²) in [5.41, 5.74) is 8.02. The monoisotopic (exact) mass is 274 g/mol. The van der Waals surface area contributed by atoms with E-state index in [4.69, 9.17) is 10.5 Å². The average molecular weight is 274 g/mol. The van der Waals surface area contributed by atoms with E-state index in [1.54, 1.807) is 6.07 Å². The van der Waals surface area contributed by atoms with Gasteiger partial charge in [0.25, 0.3) is 0 Å². The summed E-state index contributed by atoms with van der Waals surface area (Å²) >= 11 is 0. The van der Waals surface area contributed by atoms with Crippen LogP contribution < -0.4 is 10.6 Å². The minimum Gasteiger partial charge on any atom is -0.465 e. The van der Waals surface area contributed by atoms with E-state index in [9.17, 15) is 4.79 Å². The second-order valence-electron chi connectivity index (χ2n) is 5.86. The molecule has 0 bridgehead atoms. The molecule has 1 aromatic carbocycles. The smallest absolute Gasteiger partial charge is 0.340 e. The maximum atomic E-state index is 12.0. The molecule has 2 atom stereocenters. The fraction of sp³-hybridized carbons (Fsp3) is 0.562. The van der Waals surface area contributed by atoms with E-state index < -0.39 is 0 Å². The number of carbonyl (C=O) groups is 1. The van der Waals surface area contributed by atoms with E-state index in [0.29, 0.717) is 17.3 Å². The molecule has 4 nitrogen and oxygen atoms in total. The van der Waals surface area contributed by atoms with Crippen molar-refractivity contribution in [2.75, 3.05) is 24.3 Å². The summed E-state index contributed by atoms with van der Waals surface area (Å²) in [6.45, 7) is 1.02. The fourth-order valence-electron chi connectivity index (χ4n) is 3.83. The number of piperidine rings is 1. The van der Waals surface area contributed by atoms with Crippen molar-refractivity contribution in [3.63, 3.8) is 0 Å². The number of benzene rings is 1. The Morgan fingerprint density at radius 2 is 2.10 bits per heavy atom. The summed E-state index contributed by atoms with van der Waals surface area (Å²) in [5.74, 6) is 0.485. The Kier molecular flexibility index (Phi) is 3.55. The van der Waals surface area contributed by atoms with Crippen molar-refractivity contribution in [1.29, 1.82) is 0 Å². The third-order valence-corrected chi connectivity index (χ3v) is 4.73. The topological polar surface area (TPSA) is 55.6 Å². The fourth-order valence-corrected chi connectivity index (χ4v) is 3.83. The lowest BCUT2D eigenvalue weighted by Gasteiger charge is -2.40. The van der Waals surface area contributed by atoms with E-state index in [2.05, 4.69) is 4.90 Å². The number of anilines is 2. The predicted octanol–water partition coefficient (Wildman–Crippen LogP) is 2.82. The average Bonchev–Trinajstić information content (AvgIpc) is 2.95. The van der Waals surface area contributed by atoms with Gasteiger partial charge < -0.3 is 15.4 Å². The second kappa shape index (κ2) is 5.35. The third kappa shape index (κ3) is 2.23. The molecule has 2 unspecified atom stereocenters. The van der Waals surface area contributed by atoms with Gasteiger partial charge in [-0.2, -0.15) is 0 Å². The van der Waals surface area contributed by atoms with Crippen LogP contribution in [0.25, 0.3) is 0 Å². The van der Waals surface area contributed by atoms with Crippen LogP contribution in [0.4, 0.5) is 11.4 Å². The Bertz CT molecular complexity index is 515. The zero-order chi connectivity index (χ0) is 14.1. The number of carbonyl (C=O) groups excluding carboxylic acids is 1. The van der Waals surface area contributed by atoms with E-state index in [1.165, 1.54) is 39.2 Å². The van der Waals surface area contributed by atoms with Crippen LogP contribution in [0.15, 0.2) is 18.2 Å². The molecule has 1 saturated heterocycles. The highest BCUT2D eigenvalue weighted by molar-refractivity contribution is 5.97. The molecule has 2 N–H and O–H groups in total. The summed E-state index contributed by atoms with van der Waals surface area (Å²) in [7, 11) is 1.42. The van der Waals surface area contributed by atoms with Crippen LogP contribution in [-0.4, -0.2) is 25.7 Å². The highest BCUT2D eigenvalue weighted by atomic mass is 16.5. The van der Waals surface area contributed by atoms with Crippen LogP contribution in [0.2, 0.25) is 0 Å². The molecule has 2 fully saturated rings. The summed E-state index contributed by atoms with van der Waals surface area (Å²) in [6.07, 6.45) is 6.38. The summed E-state index contributed by atoms with van der Waals surface area (Å²) in [5, 5.41) is 0. The van der Waals surface area contributed by atoms with Crippen LogP contribution in [-0.2, 0) is 4.74 Å². The van der Waals surface area contributed by atoms with Crippen LogP contribution in [0.3, 0.4) is 0 Å². The van der Waals surface area contributed by atoms with Crippen molar-refractivity contribution in [2.24, 2.45) is 5.92 Å². The molecule has 20 heavy (non-hydrogen) atoms. The molecule has 1 heterocycles. The Morgan fingerprint density at radius 1 is 1.30 bits per heavy atom. The largest absolute Gasteiger partial charge is 0.465 e. The molecular weight excluding hydrogens is 252 g/mol. The molecule has 0 aromatic heterocycles. The van der Waals surface area contributed by atoms with Crippen molar-refractivity contribution in [3.8, 4) is 0 Å². The second-order valence-corrected chi connectivity index (χ2v) is 5.86. The molecule has 0 radical (unpaired) electrons. The molecule has 2 aliphatic rings. The summed E-state index contributed by atoms with van der Waals surface area (Å²) in [6, 6.07) is 6.17. The van der Waals surface area contributed by atoms with E-state index >= 15 is 0 Å². The van der Waals surface area contributed by atoms with Gasteiger partial charge in [0.2, 0.25) is 0 Å². The number of nitrogen functional groups attached to an aromatic ring is 1. The van der Waals surface area contributed by atoms with Gasteiger partial charge in [-0.1, -0.05) is 6.42 Å². The quantitative estimate of drug-likeness (QED) is 0.665. The number of nitrogens with two attached hydrogens (primary N) is 1. The zero-order valence-electron chi connectivity index (χ0n) is 12.0. The molecule has 1 aromatic rings. The predicted molar refractivity (Wildman–Crippen MR) is 79.9 cm³/mol. The molecule has 3 rings (SSSR count). The number of esters is 1. The van der Waals surface area contributed by atoms with Crippen molar-refractivity contribution < 1.29 is 9.53 Å². The summed E-state index contributed by atoms with van der Waals surface area (Å²) in [4.78, 5) is 14.4. The minimum atomic E-state index is -0.299. The first-order valence-electron chi connectivity index (χ1n) is 7.45. The molecule has 4 heteroatoms. The molecule has 1 aliphatic carbocycles. The summed E-state index contributed by atoms with van der Waals surface area (Å²) < 4.78 is 4.91. The SMILES string of the molecule is COC(=O)c1cc(N)ccc1N1CCCC2CCCC21. The standard InChI is InChI=1S/C16H22N2O2/c1-20-16(19)13-10-12(17)7-8-15(13)18-9-3-5-11-4-2-6-14(11)18/h7-8,10-11,14H,2-6,9,17H2,1H3. The lowest BCUT2D eigenvalue weighted by atomic mass is 9.91. The van der Waals surface area contributed by atoms with Crippen LogP contribution in [0.1, 0.15) is 42.5 Å². The highest BCUT2D eigenvalue weighted by Gasteiger charge is 2.36. The normalized spacial score (nSPS) is 25.4. The van der Waals surface area contributed by atoms with Crippen LogP contribution in [0, 0.1) is 5.92 Å². The minimum absolute atomic E-state index is 0.299. The van der Waals surface area contributed by atoms with Crippen molar-refractivity contribution in [2.45, 2.75) is 38.1 Å². The molecule has 1 aliphatic heterocycles. The van der Waals surface area contributed by atoms with Crippen molar-refractivity contribution in [1.82, 2.24) is 0 Å². The van der Waals surface area contributed by atoms with Crippen LogP contribution >= 0.6 is 0 Å². The number of rotatable bonds is 2. The molecule has 0 spiro atoms. The Hall–Kier alpha value is -1.71. The Morgan fingerprint density at radius 3 is 2.90 bits per heavy atom. The third-order valence-electron chi connectivity index (χ3n) is 4.73. The van der Waals surface area contributed by atoms with Gasteiger partial charge in [-0.05, 0) is 49.8 Å². The van der Waals surface area contributed by atoms with E-state index in [0.717, 1.165) is 18.2 Å². The molecule has 1 saturated carbocycles. The van der Waals surface area contributed by atoms with Gasteiger partial charge in [-0.15, -0.1) is 0 Å². The van der Waals surface area contributed by atoms with Gasteiger partial charge in [0.05, 0.1) is 18.4 Å². The number of hydrogen-bond donors (Lipinski definition) is 1. The van der Waals surface area contributed by atoms with E-state index in [-0.39, 0.29) is 5.97 Å². The van der Waals surface area contributed by atoms with Gasteiger partial charge >= 0.3 is 5.97 Å². The first-order chi connectivity index (χ1) is 9.70. The van der Waals surface area contributed by atoms with Gasteiger partial charge in [-0.25, -0.2) is 4.79 Å². The van der Waals surface area contributed by atoms with Crippen LogP contribution in [0.5, 0.6) is 0 Å². The maximum Gasteiger partial charge on any atom is 0.340 e. The van der Waals surface area contributed by atoms with Gasteiger partial charge in [-0.3, -0.25) is 0 Å². The van der Waals surface area contributed by atoms with Gasteiger partial charge in [0.15, 0.2) is 0 Å². The van der Waals surface area contributed by atoms with Gasteiger partial charge in [0, 0.05) is 18.3 Å².